The monoisotopic (exact) mass is 289 g/mol. The van der Waals surface area contributed by atoms with E-state index < -0.39 is 0 Å². The van der Waals surface area contributed by atoms with Crippen molar-refractivity contribution in [2.24, 2.45) is 5.92 Å². The van der Waals surface area contributed by atoms with E-state index in [0.717, 1.165) is 32.5 Å². The summed E-state index contributed by atoms with van der Waals surface area (Å²) in [7, 11) is 0. The zero-order chi connectivity index (χ0) is 15.2. The molecule has 1 aliphatic rings. The Hall–Kier alpha value is -1.35. The predicted molar refractivity (Wildman–Crippen MR) is 85.2 cm³/mol. The summed E-state index contributed by atoms with van der Waals surface area (Å²) >= 11 is 0. The number of likely N-dealkylation sites (tertiary alicyclic amines) is 1. The minimum Gasteiger partial charge on any atom is -0.466 e. The average Bonchev–Trinajstić information content (AvgIpc) is 2.48. The molecular formula is C18H27NO2. The normalized spacial score (nSPS) is 19.7. The number of carbonyl (C=O) groups is 1. The molecule has 1 aliphatic heterocycles. The van der Waals surface area contributed by atoms with Gasteiger partial charge >= 0.3 is 5.97 Å². The lowest BCUT2D eigenvalue weighted by Gasteiger charge is -2.31. The standard InChI is InChI=1S/C18H27NO2/c1-4-21-18(20)17-6-5-11-19(13-17)12-15-7-9-16(10-8-15)14(2)3/h7-10,14,17H,4-6,11-13H2,1-3H3/t17-/m1/s1. The van der Waals surface area contributed by atoms with Gasteiger partial charge in [-0.05, 0) is 43.4 Å². The van der Waals surface area contributed by atoms with Crippen LogP contribution in [0.15, 0.2) is 24.3 Å². The number of carbonyl (C=O) groups excluding carboxylic acids is 1. The van der Waals surface area contributed by atoms with Gasteiger partial charge in [-0.15, -0.1) is 0 Å². The smallest absolute Gasteiger partial charge is 0.310 e. The summed E-state index contributed by atoms with van der Waals surface area (Å²) in [6, 6.07) is 8.85. The Morgan fingerprint density at radius 1 is 1.33 bits per heavy atom. The summed E-state index contributed by atoms with van der Waals surface area (Å²) in [5.74, 6) is 0.591. The highest BCUT2D eigenvalue weighted by Gasteiger charge is 2.26. The van der Waals surface area contributed by atoms with Gasteiger partial charge in [0.15, 0.2) is 0 Å². The summed E-state index contributed by atoms with van der Waals surface area (Å²) in [6.07, 6.45) is 2.04. The first-order valence-electron chi connectivity index (χ1n) is 8.08. The molecule has 3 heteroatoms. The maximum absolute atomic E-state index is 11.9. The molecule has 1 heterocycles. The first-order chi connectivity index (χ1) is 10.1. The number of nitrogens with zero attached hydrogens (tertiary/aromatic N) is 1. The van der Waals surface area contributed by atoms with Crippen LogP contribution in [-0.4, -0.2) is 30.6 Å². The van der Waals surface area contributed by atoms with Gasteiger partial charge in [-0.25, -0.2) is 0 Å². The minimum atomic E-state index is -0.0302. The largest absolute Gasteiger partial charge is 0.466 e. The number of ether oxygens (including phenoxy) is 1. The van der Waals surface area contributed by atoms with Gasteiger partial charge in [0, 0.05) is 13.1 Å². The maximum atomic E-state index is 11.9. The van der Waals surface area contributed by atoms with Gasteiger partial charge < -0.3 is 4.74 Å². The summed E-state index contributed by atoms with van der Waals surface area (Å²) in [6.45, 7) is 9.59. The van der Waals surface area contributed by atoms with Crippen LogP contribution in [0.2, 0.25) is 0 Å². The van der Waals surface area contributed by atoms with Gasteiger partial charge in [0.25, 0.3) is 0 Å². The van der Waals surface area contributed by atoms with Crippen molar-refractivity contribution in [2.75, 3.05) is 19.7 Å². The van der Waals surface area contributed by atoms with Crippen molar-refractivity contribution in [2.45, 2.75) is 46.1 Å². The molecule has 0 bridgehead atoms. The number of benzene rings is 1. The number of hydrogen-bond acceptors (Lipinski definition) is 3. The highest BCUT2D eigenvalue weighted by molar-refractivity contribution is 5.72. The zero-order valence-electron chi connectivity index (χ0n) is 13.5. The fourth-order valence-electron chi connectivity index (χ4n) is 2.92. The topological polar surface area (TPSA) is 29.5 Å². The molecule has 1 aromatic carbocycles. The minimum absolute atomic E-state index is 0.0302. The van der Waals surface area contributed by atoms with Crippen molar-refractivity contribution in [3.05, 3.63) is 35.4 Å². The van der Waals surface area contributed by atoms with Gasteiger partial charge in [0.05, 0.1) is 12.5 Å². The zero-order valence-corrected chi connectivity index (χ0v) is 13.5. The Morgan fingerprint density at radius 2 is 2.05 bits per heavy atom. The fourth-order valence-corrected chi connectivity index (χ4v) is 2.92. The molecule has 116 valence electrons. The van der Waals surface area contributed by atoms with E-state index in [2.05, 4.69) is 43.0 Å². The Labute approximate surface area is 128 Å². The Kier molecular flexibility index (Phi) is 5.80. The third-order valence-corrected chi connectivity index (χ3v) is 4.18. The molecule has 0 radical (unpaired) electrons. The molecular weight excluding hydrogens is 262 g/mol. The van der Waals surface area contributed by atoms with Gasteiger partial charge in [-0.2, -0.15) is 0 Å². The molecule has 0 aliphatic carbocycles. The van der Waals surface area contributed by atoms with Crippen LogP contribution in [0.5, 0.6) is 0 Å². The van der Waals surface area contributed by atoms with Crippen LogP contribution in [0.25, 0.3) is 0 Å². The lowest BCUT2D eigenvalue weighted by molar-refractivity contribution is -0.150. The highest BCUT2D eigenvalue weighted by Crippen LogP contribution is 2.21. The van der Waals surface area contributed by atoms with Crippen LogP contribution in [-0.2, 0) is 16.1 Å². The fraction of sp³-hybridized carbons (Fsp3) is 0.611. The second kappa shape index (κ2) is 7.60. The number of esters is 1. The van der Waals surface area contributed by atoms with Crippen LogP contribution in [0.3, 0.4) is 0 Å². The van der Waals surface area contributed by atoms with Crippen molar-refractivity contribution in [3.63, 3.8) is 0 Å². The molecule has 1 fully saturated rings. The van der Waals surface area contributed by atoms with Gasteiger partial charge in [0.2, 0.25) is 0 Å². The molecule has 0 amide bonds. The van der Waals surface area contributed by atoms with E-state index >= 15 is 0 Å². The van der Waals surface area contributed by atoms with Crippen LogP contribution in [0, 0.1) is 5.92 Å². The van der Waals surface area contributed by atoms with Crippen LogP contribution in [0.1, 0.15) is 50.7 Å². The molecule has 0 spiro atoms. The summed E-state index contributed by atoms with van der Waals surface area (Å²) in [5.41, 5.74) is 2.70. The predicted octanol–water partition coefficient (Wildman–Crippen LogP) is 3.59. The number of piperidine rings is 1. The summed E-state index contributed by atoms with van der Waals surface area (Å²) in [5, 5.41) is 0. The maximum Gasteiger partial charge on any atom is 0.310 e. The second-order valence-electron chi connectivity index (χ2n) is 6.22. The van der Waals surface area contributed by atoms with E-state index in [0.29, 0.717) is 12.5 Å². The van der Waals surface area contributed by atoms with Gasteiger partial charge in [0.1, 0.15) is 0 Å². The Balaban J connectivity index is 1.91. The lowest BCUT2D eigenvalue weighted by atomic mass is 9.97. The van der Waals surface area contributed by atoms with E-state index in [4.69, 9.17) is 4.74 Å². The summed E-state index contributed by atoms with van der Waals surface area (Å²) < 4.78 is 5.16. The average molecular weight is 289 g/mol. The van der Waals surface area contributed by atoms with Crippen molar-refractivity contribution in [1.29, 1.82) is 0 Å². The molecule has 0 aromatic heterocycles. The highest BCUT2D eigenvalue weighted by atomic mass is 16.5. The molecule has 1 atom stereocenters. The third-order valence-electron chi connectivity index (χ3n) is 4.18. The van der Waals surface area contributed by atoms with Crippen molar-refractivity contribution in [3.8, 4) is 0 Å². The van der Waals surface area contributed by atoms with E-state index in [-0.39, 0.29) is 11.9 Å². The van der Waals surface area contributed by atoms with Crippen molar-refractivity contribution >= 4 is 5.97 Å². The first-order valence-corrected chi connectivity index (χ1v) is 8.08. The van der Waals surface area contributed by atoms with E-state index in [1.165, 1.54) is 11.1 Å². The molecule has 0 N–H and O–H groups in total. The molecule has 0 saturated carbocycles. The van der Waals surface area contributed by atoms with Crippen LogP contribution < -0.4 is 0 Å². The van der Waals surface area contributed by atoms with E-state index in [9.17, 15) is 4.79 Å². The van der Waals surface area contributed by atoms with Gasteiger partial charge in [-0.3, -0.25) is 9.69 Å². The first kappa shape index (κ1) is 16.0. The lowest BCUT2D eigenvalue weighted by Crippen LogP contribution is -2.38. The molecule has 3 nitrogen and oxygen atoms in total. The van der Waals surface area contributed by atoms with Crippen molar-refractivity contribution in [1.82, 2.24) is 4.90 Å². The Bertz CT molecular complexity index is 453. The quantitative estimate of drug-likeness (QED) is 0.776. The molecule has 1 aromatic rings. The van der Waals surface area contributed by atoms with Crippen molar-refractivity contribution < 1.29 is 9.53 Å². The third kappa shape index (κ3) is 4.57. The van der Waals surface area contributed by atoms with E-state index in [1.54, 1.807) is 0 Å². The van der Waals surface area contributed by atoms with Crippen LogP contribution in [0.4, 0.5) is 0 Å². The van der Waals surface area contributed by atoms with E-state index in [1.807, 2.05) is 6.92 Å². The molecule has 21 heavy (non-hydrogen) atoms. The van der Waals surface area contributed by atoms with Crippen LogP contribution >= 0.6 is 0 Å². The number of rotatable bonds is 5. The summed E-state index contributed by atoms with van der Waals surface area (Å²) in [4.78, 5) is 14.2. The second-order valence-corrected chi connectivity index (χ2v) is 6.22. The SMILES string of the molecule is CCOC(=O)[C@@H]1CCCN(Cc2ccc(C(C)C)cc2)C1. The Morgan fingerprint density at radius 3 is 2.67 bits per heavy atom. The molecule has 1 saturated heterocycles. The number of hydrogen-bond donors (Lipinski definition) is 0. The molecule has 0 unspecified atom stereocenters. The molecule has 2 rings (SSSR count). The van der Waals surface area contributed by atoms with Gasteiger partial charge in [-0.1, -0.05) is 38.1 Å².